The van der Waals surface area contributed by atoms with Crippen molar-refractivity contribution in [1.29, 1.82) is 0 Å². The Morgan fingerprint density at radius 3 is 2.46 bits per heavy atom. The van der Waals surface area contributed by atoms with Gasteiger partial charge in [-0.25, -0.2) is 17.5 Å². The number of carbonyl (C=O) groups is 1. The highest BCUT2D eigenvalue weighted by Gasteiger charge is 2.10. The molecule has 0 atom stereocenters. The Balaban J connectivity index is 2.07. The highest BCUT2D eigenvalue weighted by Crippen LogP contribution is 2.17. The predicted molar refractivity (Wildman–Crippen MR) is 94.5 cm³/mol. The summed E-state index contributed by atoms with van der Waals surface area (Å²) in [5.41, 5.74) is 0.699. The first-order valence-corrected chi connectivity index (χ1v) is 9.07. The third-order valence-corrected chi connectivity index (χ3v) is 5.00. The molecular weight excluding hydrogens is 399 g/mol. The van der Waals surface area contributed by atoms with Gasteiger partial charge in [-0.1, -0.05) is 15.9 Å². The van der Waals surface area contributed by atoms with Crippen molar-refractivity contribution in [2.75, 3.05) is 12.4 Å². The van der Waals surface area contributed by atoms with Crippen LogP contribution in [0.2, 0.25) is 0 Å². The second-order valence-corrected chi connectivity index (χ2v) is 7.52. The molecule has 0 bridgehead atoms. The van der Waals surface area contributed by atoms with Crippen molar-refractivity contribution in [3.63, 3.8) is 0 Å². The summed E-state index contributed by atoms with van der Waals surface area (Å²) in [6, 6.07) is 10.1. The molecule has 0 saturated heterocycles. The zero-order valence-corrected chi connectivity index (χ0v) is 15.0. The zero-order valence-electron chi connectivity index (χ0n) is 12.6. The Morgan fingerprint density at radius 2 is 1.83 bits per heavy atom. The number of hydrogen-bond acceptors (Lipinski definition) is 3. The topological polar surface area (TPSA) is 75.3 Å². The monoisotopic (exact) mass is 412 g/mol. The van der Waals surface area contributed by atoms with Crippen molar-refractivity contribution in [1.82, 2.24) is 4.72 Å². The summed E-state index contributed by atoms with van der Waals surface area (Å²) >= 11 is 3.23. The summed E-state index contributed by atoms with van der Waals surface area (Å²) in [6.07, 6.45) is 2.55. The Bertz CT molecular complexity index is 881. The van der Waals surface area contributed by atoms with Crippen LogP contribution in [0, 0.1) is 5.82 Å². The summed E-state index contributed by atoms with van der Waals surface area (Å²) < 4.78 is 39.7. The second-order valence-electron chi connectivity index (χ2n) is 4.72. The number of halogens is 2. The molecule has 0 fully saturated rings. The Kier molecular flexibility index (Phi) is 5.87. The molecule has 0 unspecified atom stereocenters. The lowest BCUT2D eigenvalue weighted by molar-refractivity contribution is -0.111. The highest BCUT2D eigenvalue weighted by molar-refractivity contribution is 9.10. The maximum absolute atomic E-state index is 13.6. The van der Waals surface area contributed by atoms with E-state index in [0.717, 1.165) is 0 Å². The van der Waals surface area contributed by atoms with Crippen LogP contribution in [0.25, 0.3) is 6.08 Å². The summed E-state index contributed by atoms with van der Waals surface area (Å²) in [4.78, 5) is 11.9. The Hall–Kier alpha value is -2.03. The van der Waals surface area contributed by atoms with Gasteiger partial charge >= 0.3 is 0 Å². The first kappa shape index (κ1) is 18.3. The van der Waals surface area contributed by atoms with E-state index in [1.807, 2.05) is 0 Å². The normalized spacial score (nSPS) is 11.6. The minimum absolute atomic E-state index is 0.0924. The summed E-state index contributed by atoms with van der Waals surface area (Å²) in [5, 5.41) is 2.57. The highest BCUT2D eigenvalue weighted by atomic mass is 79.9. The molecule has 2 N–H and O–H groups in total. The van der Waals surface area contributed by atoms with Crippen LogP contribution in [0.3, 0.4) is 0 Å². The van der Waals surface area contributed by atoms with E-state index in [0.29, 0.717) is 10.2 Å². The molecule has 24 heavy (non-hydrogen) atoms. The lowest BCUT2D eigenvalue weighted by atomic mass is 10.2. The van der Waals surface area contributed by atoms with Gasteiger partial charge in [-0.2, -0.15) is 0 Å². The smallest absolute Gasteiger partial charge is 0.248 e. The molecule has 8 heteroatoms. The number of hydrogen-bond donors (Lipinski definition) is 2. The Labute approximate surface area is 147 Å². The van der Waals surface area contributed by atoms with Crippen LogP contribution >= 0.6 is 15.9 Å². The van der Waals surface area contributed by atoms with Crippen molar-refractivity contribution in [3.8, 4) is 0 Å². The first-order valence-electron chi connectivity index (χ1n) is 6.79. The van der Waals surface area contributed by atoms with Crippen LogP contribution in [-0.2, 0) is 14.8 Å². The third kappa shape index (κ3) is 4.73. The van der Waals surface area contributed by atoms with Crippen LogP contribution in [-0.4, -0.2) is 21.4 Å². The van der Waals surface area contributed by atoms with Crippen molar-refractivity contribution < 1.29 is 17.6 Å². The lowest BCUT2D eigenvalue weighted by Crippen LogP contribution is -2.18. The van der Waals surface area contributed by atoms with Gasteiger partial charge < -0.3 is 5.32 Å². The fourth-order valence-electron chi connectivity index (χ4n) is 1.83. The molecule has 126 valence electrons. The van der Waals surface area contributed by atoms with Crippen LogP contribution in [0.1, 0.15) is 5.56 Å². The van der Waals surface area contributed by atoms with Gasteiger partial charge in [0.25, 0.3) is 0 Å². The van der Waals surface area contributed by atoms with E-state index in [9.17, 15) is 17.6 Å². The molecule has 5 nitrogen and oxygen atoms in total. The average Bonchev–Trinajstić information content (AvgIpc) is 2.56. The van der Waals surface area contributed by atoms with E-state index >= 15 is 0 Å². The zero-order chi connectivity index (χ0) is 17.7. The van der Waals surface area contributed by atoms with Gasteiger partial charge in [0.15, 0.2) is 0 Å². The average molecular weight is 413 g/mol. The van der Waals surface area contributed by atoms with E-state index in [2.05, 4.69) is 26.0 Å². The van der Waals surface area contributed by atoms with Gasteiger partial charge in [-0.3, -0.25) is 4.79 Å². The molecule has 0 spiro atoms. The molecule has 0 aliphatic carbocycles. The van der Waals surface area contributed by atoms with Gasteiger partial charge in [0, 0.05) is 21.8 Å². The van der Waals surface area contributed by atoms with E-state index in [1.165, 1.54) is 49.5 Å². The van der Waals surface area contributed by atoms with Gasteiger partial charge in [-0.05, 0) is 55.6 Å². The number of carbonyl (C=O) groups excluding carboxylic acids is 1. The number of anilines is 1. The van der Waals surface area contributed by atoms with Crippen LogP contribution in [0.5, 0.6) is 0 Å². The maximum Gasteiger partial charge on any atom is 0.248 e. The third-order valence-electron chi connectivity index (χ3n) is 3.07. The molecule has 0 aliphatic rings. The number of benzene rings is 2. The van der Waals surface area contributed by atoms with E-state index in [1.54, 1.807) is 12.1 Å². The van der Waals surface area contributed by atoms with Crippen molar-refractivity contribution in [2.45, 2.75) is 4.90 Å². The van der Waals surface area contributed by atoms with Crippen molar-refractivity contribution >= 4 is 43.6 Å². The van der Waals surface area contributed by atoms with Crippen molar-refractivity contribution in [2.24, 2.45) is 0 Å². The molecule has 0 radical (unpaired) electrons. The van der Waals surface area contributed by atoms with Gasteiger partial charge in [0.1, 0.15) is 5.82 Å². The molecule has 2 aromatic rings. The summed E-state index contributed by atoms with van der Waals surface area (Å²) in [7, 11) is -2.20. The predicted octanol–water partition coefficient (Wildman–Crippen LogP) is 3.15. The van der Waals surface area contributed by atoms with Gasteiger partial charge in [0.05, 0.1) is 4.90 Å². The minimum atomic E-state index is -3.52. The number of amides is 1. The SMILES string of the molecule is CNS(=O)(=O)c1ccc(NC(=O)/C=C/c2cc(Br)ccc2F)cc1. The molecule has 2 aromatic carbocycles. The fourth-order valence-corrected chi connectivity index (χ4v) is 2.94. The molecule has 1 amide bonds. The summed E-state index contributed by atoms with van der Waals surface area (Å²) in [5.74, 6) is -0.900. The van der Waals surface area contributed by atoms with E-state index in [4.69, 9.17) is 0 Å². The number of rotatable bonds is 5. The standard InChI is InChI=1S/C16H14BrFN2O3S/c1-19-24(22,23)14-6-4-13(5-7-14)20-16(21)9-2-11-10-12(17)3-8-15(11)18/h2-10,19H,1H3,(H,20,21)/b9-2+. The second kappa shape index (κ2) is 7.69. The molecule has 2 rings (SSSR count). The fraction of sp³-hybridized carbons (Fsp3) is 0.0625. The summed E-state index contributed by atoms with van der Waals surface area (Å²) in [6.45, 7) is 0. The minimum Gasteiger partial charge on any atom is -0.323 e. The Morgan fingerprint density at radius 1 is 1.17 bits per heavy atom. The maximum atomic E-state index is 13.6. The van der Waals surface area contributed by atoms with Crippen molar-refractivity contribution in [3.05, 3.63) is 64.4 Å². The molecule has 0 saturated carbocycles. The molecule has 0 aromatic heterocycles. The van der Waals surface area contributed by atoms with Gasteiger partial charge in [-0.15, -0.1) is 0 Å². The molecular formula is C16H14BrFN2O3S. The first-order chi connectivity index (χ1) is 11.3. The number of sulfonamides is 1. The van der Waals surface area contributed by atoms with Gasteiger partial charge in [0.2, 0.25) is 15.9 Å². The number of nitrogens with one attached hydrogen (secondary N) is 2. The molecule has 0 aliphatic heterocycles. The van der Waals surface area contributed by atoms with E-state index < -0.39 is 21.7 Å². The van der Waals surface area contributed by atoms with Crippen LogP contribution < -0.4 is 10.0 Å². The quantitative estimate of drug-likeness (QED) is 0.740. The largest absolute Gasteiger partial charge is 0.323 e. The molecule has 0 heterocycles. The van der Waals surface area contributed by atoms with Crippen LogP contribution in [0.4, 0.5) is 10.1 Å². The van der Waals surface area contributed by atoms with E-state index in [-0.39, 0.29) is 10.5 Å². The lowest BCUT2D eigenvalue weighted by Gasteiger charge is -2.05. The van der Waals surface area contributed by atoms with Crippen LogP contribution in [0.15, 0.2) is 57.9 Å².